The minimum absolute atomic E-state index is 0.436. The van der Waals surface area contributed by atoms with Crippen molar-refractivity contribution >= 4 is 27.3 Å². The zero-order chi connectivity index (χ0) is 9.97. The van der Waals surface area contributed by atoms with Crippen LogP contribution in [0.25, 0.3) is 0 Å². The summed E-state index contributed by atoms with van der Waals surface area (Å²) in [5.74, 6) is 0. The molecule has 2 aromatic heterocycles. The molecule has 4 nitrogen and oxygen atoms in total. The topological polar surface area (TPSA) is 56.7 Å². The average Bonchev–Trinajstić information content (AvgIpc) is 2.77. The first kappa shape index (κ1) is 9.82. The van der Waals surface area contributed by atoms with Gasteiger partial charge in [0.05, 0.1) is 18.4 Å². The molecule has 14 heavy (non-hydrogen) atoms. The van der Waals surface area contributed by atoms with E-state index in [1.54, 1.807) is 16.0 Å². The Balaban J connectivity index is 2.15. The van der Waals surface area contributed by atoms with Gasteiger partial charge >= 0.3 is 0 Å². The van der Waals surface area contributed by atoms with Gasteiger partial charge in [-0.05, 0) is 27.4 Å². The zero-order valence-electron chi connectivity index (χ0n) is 7.35. The molecular formula is C8H9BrN4S. The van der Waals surface area contributed by atoms with Gasteiger partial charge in [-0.2, -0.15) is 0 Å². The first-order chi connectivity index (χ1) is 6.79. The molecule has 2 rings (SSSR count). The summed E-state index contributed by atoms with van der Waals surface area (Å²) in [5.41, 5.74) is 6.26. The SMILES string of the molecule is NCc1cn(Cc2sccc2Br)nn1. The van der Waals surface area contributed by atoms with Crippen LogP contribution in [-0.2, 0) is 13.1 Å². The predicted molar refractivity (Wildman–Crippen MR) is 59.0 cm³/mol. The third-order valence-corrected chi connectivity index (χ3v) is 3.70. The van der Waals surface area contributed by atoms with Gasteiger partial charge in [0.2, 0.25) is 0 Å². The van der Waals surface area contributed by atoms with Crippen molar-refractivity contribution in [3.63, 3.8) is 0 Å². The van der Waals surface area contributed by atoms with E-state index in [4.69, 9.17) is 5.73 Å². The van der Waals surface area contributed by atoms with E-state index in [0.717, 1.165) is 16.7 Å². The molecule has 0 bridgehead atoms. The van der Waals surface area contributed by atoms with E-state index in [-0.39, 0.29) is 0 Å². The Kier molecular flexibility index (Phi) is 2.95. The first-order valence-electron chi connectivity index (χ1n) is 4.10. The van der Waals surface area contributed by atoms with Gasteiger partial charge < -0.3 is 5.73 Å². The van der Waals surface area contributed by atoms with Crippen molar-refractivity contribution in [3.05, 3.63) is 32.7 Å². The summed E-state index contributed by atoms with van der Waals surface area (Å²) in [6, 6.07) is 2.03. The van der Waals surface area contributed by atoms with Crippen LogP contribution in [0.1, 0.15) is 10.6 Å². The van der Waals surface area contributed by atoms with Gasteiger partial charge in [-0.15, -0.1) is 16.4 Å². The summed E-state index contributed by atoms with van der Waals surface area (Å²) in [6.07, 6.45) is 1.87. The van der Waals surface area contributed by atoms with Gasteiger partial charge in [-0.1, -0.05) is 5.21 Å². The molecule has 0 fully saturated rings. The molecule has 0 aliphatic carbocycles. The lowest BCUT2D eigenvalue weighted by Gasteiger charge is -1.97. The largest absolute Gasteiger partial charge is 0.325 e. The average molecular weight is 273 g/mol. The van der Waals surface area contributed by atoms with Gasteiger partial charge in [0, 0.05) is 15.9 Å². The molecule has 0 aliphatic heterocycles. The van der Waals surface area contributed by atoms with Crippen molar-refractivity contribution in [1.29, 1.82) is 0 Å². The van der Waals surface area contributed by atoms with Gasteiger partial charge in [0.1, 0.15) is 0 Å². The highest BCUT2D eigenvalue weighted by Gasteiger charge is 2.04. The van der Waals surface area contributed by atoms with E-state index in [2.05, 4.69) is 26.2 Å². The molecule has 2 aromatic rings. The van der Waals surface area contributed by atoms with Crippen LogP contribution in [0.15, 0.2) is 22.1 Å². The Morgan fingerprint density at radius 1 is 1.57 bits per heavy atom. The Hall–Kier alpha value is -0.720. The fraction of sp³-hybridized carbons (Fsp3) is 0.250. The van der Waals surface area contributed by atoms with E-state index in [1.807, 2.05) is 17.6 Å². The van der Waals surface area contributed by atoms with E-state index >= 15 is 0 Å². The fourth-order valence-corrected chi connectivity index (χ4v) is 2.56. The Bertz CT molecular complexity index is 422. The Morgan fingerprint density at radius 2 is 2.43 bits per heavy atom. The van der Waals surface area contributed by atoms with Gasteiger partial charge in [-0.3, -0.25) is 0 Å². The maximum Gasteiger partial charge on any atom is 0.0962 e. The number of halogens is 1. The van der Waals surface area contributed by atoms with Crippen molar-refractivity contribution < 1.29 is 0 Å². The van der Waals surface area contributed by atoms with Crippen LogP contribution < -0.4 is 5.73 Å². The summed E-state index contributed by atoms with van der Waals surface area (Å²) < 4.78 is 2.91. The van der Waals surface area contributed by atoms with E-state index in [1.165, 1.54) is 4.88 Å². The van der Waals surface area contributed by atoms with Crippen molar-refractivity contribution in [1.82, 2.24) is 15.0 Å². The van der Waals surface area contributed by atoms with E-state index in [9.17, 15) is 0 Å². The van der Waals surface area contributed by atoms with Gasteiger partial charge in [0.25, 0.3) is 0 Å². The molecule has 0 amide bonds. The van der Waals surface area contributed by atoms with Crippen molar-refractivity contribution in [3.8, 4) is 0 Å². The monoisotopic (exact) mass is 272 g/mol. The molecule has 0 saturated carbocycles. The molecule has 0 aromatic carbocycles. The van der Waals surface area contributed by atoms with Crippen LogP contribution in [0, 0.1) is 0 Å². The molecule has 0 radical (unpaired) electrons. The highest BCUT2D eigenvalue weighted by atomic mass is 79.9. The molecule has 6 heteroatoms. The number of rotatable bonds is 3. The second-order valence-corrected chi connectivity index (χ2v) is 4.66. The van der Waals surface area contributed by atoms with E-state index in [0.29, 0.717) is 6.54 Å². The summed E-state index contributed by atoms with van der Waals surface area (Å²) in [5, 5.41) is 9.94. The number of thiophene rings is 1. The number of nitrogens with two attached hydrogens (primary N) is 1. The third-order valence-electron chi connectivity index (χ3n) is 1.79. The molecule has 0 aliphatic rings. The normalized spacial score (nSPS) is 10.7. The second-order valence-electron chi connectivity index (χ2n) is 2.80. The van der Waals surface area contributed by atoms with Crippen molar-refractivity contribution in [2.45, 2.75) is 13.1 Å². The second kappa shape index (κ2) is 4.20. The molecule has 0 atom stereocenters. The first-order valence-corrected chi connectivity index (χ1v) is 5.78. The summed E-state index contributed by atoms with van der Waals surface area (Å²) in [6.45, 7) is 1.18. The summed E-state index contributed by atoms with van der Waals surface area (Å²) in [7, 11) is 0. The Labute approximate surface area is 93.9 Å². The number of aromatic nitrogens is 3. The minimum Gasteiger partial charge on any atom is -0.325 e. The van der Waals surface area contributed by atoms with Crippen LogP contribution >= 0.6 is 27.3 Å². The maximum atomic E-state index is 5.44. The molecule has 0 spiro atoms. The van der Waals surface area contributed by atoms with Crippen molar-refractivity contribution in [2.75, 3.05) is 0 Å². The van der Waals surface area contributed by atoms with Crippen LogP contribution in [0.3, 0.4) is 0 Å². The molecule has 0 unspecified atom stereocenters. The number of hydrogen-bond acceptors (Lipinski definition) is 4. The van der Waals surface area contributed by atoms with E-state index < -0.39 is 0 Å². The molecule has 2 N–H and O–H groups in total. The minimum atomic E-state index is 0.436. The highest BCUT2D eigenvalue weighted by molar-refractivity contribution is 9.10. The van der Waals surface area contributed by atoms with Crippen LogP contribution in [0.2, 0.25) is 0 Å². The third kappa shape index (κ3) is 2.02. The standard InChI is InChI=1S/C8H9BrN4S/c9-7-1-2-14-8(7)5-13-4-6(3-10)11-12-13/h1-2,4H,3,5,10H2. The summed E-state index contributed by atoms with van der Waals surface area (Å²) in [4.78, 5) is 1.23. The van der Waals surface area contributed by atoms with Gasteiger partial charge in [0.15, 0.2) is 0 Å². The summed E-state index contributed by atoms with van der Waals surface area (Å²) >= 11 is 5.17. The predicted octanol–water partition coefficient (Wildman–Crippen LogP) is 1.61. The molecule has 2 heterocycles. The maximum absolute atomic E-state index is 5.44. The molecule has 0 saturated heterocycles. The lowest BCUT2D eigenvalue weighted by Crippen LogP contribution is -1.99. The van der Waals surface area contributed by atoms with Crippen LogP contribution in [0.4, 0.5) is 0 Å². The number of hydrogen-bond donors (Lipinski definition) is 1. The Morgan fingerprint density at radius 3 is 3.00 bits per heavy atom. The van der Waals surface area contributed by atoms with Crippen LogP contribution in [0.5, 0.6) is 0 Å². The number of nitrogens with zero attached hydrogens (tertiary/aromatic N) is 3. The fourth-order valence-electron chi connectivity index (χ4n) is 1.09. The molecule has 74 valence electrons. The molecular weight excluding hydrogens is 264 g/mol. The lowest BCUT2D eigenvalue weighted by molar-refractivity contribution is 0.654. The highest BCUT2D eigenvalue weighted by Crippen LogP contribution is 2.23. The van der Waals surface area contributed by atoms with Crippen LogP contribution in [-0.4, -0.2) is 15.0 Å². The zero-order valence-corrected chi connectivity index (χ0v) is 9.75. The quantitative estimate of drug-likeness (QED) is 0.924. The lowest BCUT2D eigenvalue weighted by atomic mass is 10.4. The smallest absolute Gasteiger partial charge is 0.0962 e. The van der Waals surface area contributed by atoms with Crippen molar-refractivity contribution in [2.24, 2.45) is 5.73 Å². The van der Waals surface area contributed by atoms with Gasteiger partial charge in [-0.25, -0.2) is 4.68 Å².